The van der Waals surface area contributed by atoms with Gasteiger partial charge in [0.25, 0.3) is 0 Å². The van der Waals surface area contributed by atoms with E-state index in [9.17, 15) is 5.11 Å². The van der Waals surface area contributed by atoms with Gasteiger partial charge in [0.2, 0.25) is 0 Å². The van der Waals surface area contributed by atoms with Gasteiger partial charge >= 0.3 is 0 Å². The van der Waals surface area contributed by atoms with Crippen molar-refractivity contribution in [2.24, 2.45) is 5.41 Å². The third-order valence-corrected chi connectivity index (χ3v) is 2.74. The molecule has 2 rings (SSSR count). The zero-order chi connectivity index (χ0) is 9.31. The van der Waals surface area contributed by atoms with Crippen molar-refractivity contribution >= 4 is 0 Å². The monoisotopic (exact) mass is 187 g/mol. The summed E-state index contributed by atoms with van der Waals surface area (Å²) in [5, 5.41) is 12.8. The minimum absolute atomic E-state index is 0.109. The van der Waals surface area contributed by atoms with Gasteiger partial charge in [-0.3, -0.25) is 0 Å². The van der Waals surface area contributed by atoms with Gasteiger partial charge in [-0.05, 0) is 0 Å². The second kappa shape index (κ2) is 3.53. The smallest absolute Gasteiger partial charge is 0.0948 e. The number of hydrogen-bond acceptors (Lipinski definition) is 4. The molecule has 2 saturated heterocycles. The normalized spacial score (nSPS) is 37.4. The summed E-state index contributed by atoms with van der Waals surface area (Å²) in [7, 11) is 0. The first-order valence-electron chi connectivity index (χ1n) is 4.77. The Bertz CT molecular complexity index is 182. The Morgan fingerprint density at radius 3 is 2.62 bits per heavy atom. The molecule has 2 atom stereocenters. The summed E-state index contributed by atoms with van der Waals surface area (Å²) in [6, 6.07) is 0.109. The molecule has 0 saturated carbocycles. The third-order valence-electron chi connectivity index (χ3n) is 2.74. The van der Waals surface area contributed by atoms with E-state index < -0.39 is 0 Å². The molecule has 2 aliphatic heterocycles. The molecule has 13 heavy (non-hydrogen) atoms. The van der Waals surface area contributed by atoms with E-state index in [1.54, 1.807) is 0 Å². The standard InChI is InChI=1S/C9H17NO3/c1-9(5-13-6-9)4-10-7-2-12-3-8(7)11/h7-8,10-11H,2-6H2,1H3/t7-,8-/m1/s1. The number of aliphatic hydroxyl groups excluding tert-OH is 1. The van der Waals surface area contributed by atoms with Gasteiger partial charge in [0, 0.05) is 12.0 Å². The van der Waals surface area contributed by atoms with Crippen LogP contribution in [0.1, 0.15) is 6.92 Å². The molecule has 2 aliphatic rings. The van der Waals surface area contributed by atoms with E-state index in [1.807, 2.05) is 0 Å². The van der Waals surface area contributed by atoms with Crippen molar-refractivity contribution in [2.45, 2.75) is 19.1 Å². The van der Waals surface area contributed by atoms with Crippen LogP contribution in [0.2, 0.25) is 0 Å². The first kappa shape index (κ1) is 9.40. The van der Waals surface area contributed by atoms with Crippen molar-refractivity contribution in [3.8, 4) is 0 Å². The van der Waals surface area contributed by atoms with Gasteiger partial charge < -0.3 is 19.9 Å². The Kier molecular flexibility index (Phi) is 2.55. The topological polar surface area (TPSA) is 50.7 Å². The number of nitrogens with one attached hydrogen (secondary N) is 1. The lowest BCUT2D eigenvalue weighted by Gasteiger charge is -2.39. The van der Waals surface area contributed by atoms with Crippen molar-refractivity contribution in [2.75, 3.05) is 33.0 Å². The van der Waals surface area contributed by atoms with E-state index in [-0.39, 0.29) is 17.6 Å². The zero-order valence-corrected chi connectivity index (χ0v) is 7.95. The molecule has 0 unspecified atom stereocenters. The molecule has 2 fully saturated rings. The molecule has 0 aromatic rings. The summed E-state index contributed by atoms with van der Waals surface area (Å²) in [4.78, 5) is 0. The Morgan fingerprint density at radius 1 is 1.38 bits per heavy atom. The molecule has 76 valence electrons. The molecule has 0 amide bonds. The molecule has 4 heteroatoms. The van der Waals surface area contributed by atoms with Crippen LogP contribution < -0.4 is 5.32 Å². The summed E-state index contributed by atoms with van der Waals surface area (Å²) >= 11 is 0. The van der Waals surface area contributed by atoms with Crippen molar-refractivity contribution in [3.05, 3.63) is 0 Å². The lowest BCUT2D eigenvalue weighted by Crippen LogP contribution is -2.51. The van der Waals surface area contributed by atoms with Gasteiger partial charge in [-0.15, -0.1) is 0 Å². The first-order chi connectivity index (χ1) is 6.20. The fourth-order valence-electron chi connectivity index (χ4n) is 1.67. The Hall–Kier alpha value is -0.160. The molecule has 0 aromatic heterocycles. The van der Waals surface area contributed by atoms with Gasteiger partial charge in [0.1, 0.15) is 0 Å². The maximum absolute atomic E-state index is 9.46. The predicted molar refractivity (Wildman–Crippen MR) is 47.5 cm³/mol. The summed E-state index contributed by atoms with van der Waals surface area (Å²) in [6.45, 7) is 5.82. The quantitative estimate of drug-likeness (QED) is 0.618. The second-order valence-electron chi connectivity index (χ2n) is 4.40. The van der Waals surface area contributed by atoms with Crippen LogP contribution in [0.4, 0.5) is 0 Å². The molecular weight excluding hydrogens is 170 g/mol. The highest BCUT2D eigenvalue weighted by atomic mass is 16.5. The Morgan fingerprint density at radius 2 is 2.15 bits per heavy atom. The molecule has 0 radical (unpaired) electrons. The van der Waals surface area contributed by atoms with E-state index in [0.29, 0.717) is 13.2 Å². The summed E-state index contributed by atoms with van der Waals surface area (Å²) in [5.41, 5.74) is 0.266. The minimum atomic E-state index is -0.343. The maximum Gasteiger partial charge on any atom is 0.0948 e. The highest BCUT2D eigenvalue weighted by molar-refractivity contribution is 4.87. The van der Waals surface area contributed by atoms with Crippen molar-refractivity contribution in [1.29, 1.82) is 0 Å². The third kappa shape index (κ3) is 2.02. The zero-order valence-electron chi connectivity index (χ0n) is 7.95. The first-order valence-corrected chi connectivity index (χ1v) is 4.77. The van der Waals surface area contributed by atoms with Crippen LogP contribution in [-0.4, -0.2) is 50.2 Å². The van der Waals surface area contributed by atoms with Crippen LogP contribution >= 0.6 is 0 Å². The van der Waals surface area contributed by atoms with Gasteiger partial charge in [-0.25, -0.2) is 0 Å². The van der Waals surface area contributed by atoms with Crippen LogP contribution in [0.3, 0.4) is 0 Å². The fraction of sp³-hybridized carbons (Fsp3) is 1.00. The fourth-order valence-corrected chi connectivity index (χ4v) is 1.67. The van der Waals surface area contributed by atoms with Gasteiger partial charge in [0.15, 0.2) is 0 Å². The van der Waals surface area contributed by atoms with E-state index in [4.69, 9.17) is 9.47 Å². The Balaban J connectivity index is 1.72. The molecule has 2 N–H and O–H groups in total. The number of aliphatic hydroxyl groups is 1. The number of rotatable bonds is 3. The maximum atomic E-state index is 9.46. The molecule has 2 heterocycles. The average molecular weight is 187 g/mol. The SMILES string of the molecule is CC1(CN[C@@H]2COC[C@H]2O)COC1. The van der Waals surface area contributed by atoms with E-state index >= 15 is 0 Å². The van der Waals surface area contributed by atoms with Crippen molar-refractivity contribution in [3.63, 3.8) is 0 Å². The van der Waals surface area contributed by atoms with Crippen LogP contribution in [0.15, 0.2) is 0 Å². The summed E-state index contributed by atoms with van der Waals surface area (Å²) in [6.07, 6.45) is -0.343. The van der Waals surface area contributed by atoms with Gasteiger partial charge in [-0.2, -0.15) is 0 Å². The highest BCUT2D eigenvalue weighted by Crippen LogP contribution is 2.25. The average Bonchev–Trinajstić information content (AvgIpc) is 2.44. The predicted octanol–water partition coefficient (Wildman–Crippen LogP) is -0.628. The molecule has 0 aromatic carbocycles. The summed E-state index contributed by atoms with van der Waals surface area (Å²) < 4.78 is 10.3. The minimum Gasteiger partial charge on any atom is -0.389 e. The Labute approximate surface area is 78.2 Å². The van der Waals surface area contributed by atoms with Crippen molar-refractivity contribution in [1.82, 2.24) is 5.32 Å². The van der Waals surface area contributed by atoms with E-state index in [0.717, 1.165) is 19.8 Å². The van der Waals surface area contributed by atoms with Gasteiger partial charge in [0.05, 0.1) is 38.6 Å². The number of ether oxygens (including phenoxy) is 2. The van der Waals surface area contributed by atoms with E-state index in [2.05, 4.69) is 12.2 Å². The largest absolute Gasteiger partial charge is 0.389 e. The van der Waals surface area contributed by atoms with Crippen LogP contribution in [0, 0.1) is 5.41 Å². The molecule has 0 bridgehead atoms. The van der Waals surface area contributed by atoms with Crippen molar-refractivity contribution < 1.29 is 14.6 Å². The van der Waals surface area contributed by atoms with Crippen LogP contribution in [0.25, 0.3) is 0 Å². The molecule has 0 aliphatic carbocycles. The van der Waals surface area contributed by atoms with Crippen LogP contribution in [0.5, 0.6) is 0 Å². The second-order valence-corrected chi connectivity index (χ2v) is 4.40. The molecular formula is C9H17NO3. The molecule has 4 nitrogen and oxygen atoms in total. The lowest BCUT2D eigenvalue weighted by molar-refractivity contribution is -0.101. The van der Waals surface area contributed by atoms with Crippen LogP contribution in [-0.2, 0) is 9.47 Å². The summed E-state index contributed by atoms with van der Waals surface area (Å²) in [5.74, 6) is 0. The highest BCUT2D eigenvalue weighted by Gasteiger charge is 2.35. The van der Waals surface area contributed by atoms with E-state index in [1.165, 1.54) is 0 Å². The number of hydrogen-bond donors (Lipinski definition) is 2. The van der Waals surface area contributed by atoms with Gasteiger partial charge in [-0.1, -0.05) is 6.92 Å². The lowest BCUT2D eigenvalue weighted by atomic mass is 9.88. The molecule has 0 spiro atoms.